The lowest BCUT2D eigenvalue weighted by Gasteiger charge is -2.48. The smallest absolute Gasteiger partial charge is 0.0256 e. The van der Waals surface area contributed by atoms with Crippen LogP contribution in [-0.4, -0.2) is 12.1 Å². The molecule has 2 unspecified atom stereocenters. The molecule has 1 spiro atoms. The second-order valence-corrected chi connectivity index (χ2v) is 5.87. The molecular weight excluding hydrogens is 194 g/mol. The highest BCUT2D eigenvalue weighted by molar-refractivity contribution is 5.33. The lowest BCUT2D eigenvalue weighted by molar-refractivity contribution is 0.101. The maximum absolute atomic E-state index is 3.80. The molecule has 1 aliphatic heterocycles. The molecule has 1 saturated carbocycles. The Labute approximate surface area is 97.2 Å². The monoisotopic (exact) mass is 213 g/mol. The highest BCUT2D eigenvalue weighted by atomic mass is 15.1. The van der Waals surface area contributed by atoms with Gasteiger partial charge in [-0.25, -0.2) is 0 Å². The highest BCUT2D eigenvalue weighted by Crippen LogP contribution is 2.51. The zero-order valence-electron chi connectivity index (χ0n) is 9.71. The Bertz CT molecular complexity index is 384. The van der Waals surface area contributed by atoms with Crippen LogP contribution in [0, 0.1) is 11.8 Å². The first-order valence-corrected chi connectivity index (χ1v) is 6.70. The molecule has 3 aliphatic rings. The normalized spacial score (nSPS) is 40.2. The minimum Gasteiger partial charge on any atom is -0.311 e. The zero-order chi connectivity index (χ0) is 10.6. The average molecular weight is 213 g/mol. The van der Waals surface area contributed by atoms with Gasteiger partial charge in [0.25, 0.3) is 0 Å². The number of benzene rings is 1. The molecule has 0 amide bonds. The van der Waals surface area contributed by atoms with Crippen LogP contribution in [0.1, 0.15) is 30.4 Å². The predicted octanol–water partition coefficient (Wildman–Crippen LogP) is 2.54. The lowest BCUT2D eigenvalue weighted by atomic mass is 9.72. The van der Waals surface area contributed by atoms with Gasteiger partial charge in [-0.1, -0.05) is 24.3 Å². The van der Waals surface area contributed by atoms with E-state index < -0.39 is 0 Å². The van der Waals surface area contributed by atoms with E-state index in [-0.39, 0.29) is 0 Å². The van der Waals surface area contributed by atoms with E-state index in [1.807, 2.05) is 0 Å². The van der Waals surface area contributed by atoms with Crippen molar-refractivity contribution in [2.24, 2.45) is 11.8 Å². The molecule has 2 fully saturated rings. The molecule has 1 aromatic carbocycles. The van der Waals surface area contributed by atoms with Crippen LogP contribution in [0.4, 0.5) is 0 Å². The lowest BCUT2D eigenvalue weighted by Crippen LogP contribution is -2.63. The van der Waals surface area contributed by atoms with Gasteiger partial charge >= 0.3 is 0 Å². The summed E-state index contributed by atoms with van der Waals surface area (Å²) in [5.74, 6) is 1.82. The van der Waals surface area contributed by atoms with Crippen LogP contribution in [0.2, 0.25) is 0 Å². The zero-order valence-corrected chi connectivity index (χ0v) is 9.71. The van der Waals surface area contributed by atoms with Crippen LogP contribution in [0.3, 0.4) is 0 Å². The summed E-state index contributed by atoms with van der Waals surface area (Å²) < 4.78 is 0. The van der Waals surface area contributed by atoms with E-state index in [0.29, 0.717) is 5.54 Å². The van der Waals surface area contributed by atoms with Crippen molar-refractivity contribution in [3.05, 3.63) is 35.4 Å². The SMILES string of the molecule is c1ccc2c(c1)CC1CCC(C2)C12CCN2. The van der Waals surface area contributed by atoms with Crippen molar-refractivity contribution in [1.29, 1.82) is 0 Å². The fourth-order valence-electron chi connectivity index (χ4n) is 4.42. The molecule has 1 heteroatoms. The summed E-state index contributed by atoms with van der Waals surface area (Å²) >= 11 is 0. The van der Waals surface area contributed by atoms with E-state index in [2.05, 4.69) is 29.6 Å². The second kappa shape index (κ2) is 3.10. The van der Waals surface area contributed by atoms with Crippen molar-refractivity contribution < 1.29 is 0 Å². The maximum Gasteiger partial charge on any atom is 0.0256 e. The van der Waals surface area contributed by atoms with Crippen LogP contribution in [0.15, 0.2) is 24.3 Å². The molecule has 84 valence electrons. The van der Waals surface area contributed by atoms with Crippen LogP contribution in [0.5, 0.6) is 0 Å². The summed E-state index contributed by atoms with van der Waals surface area (Å²) in [7, 11) is 0. The summed E-state index contributed by atoms with van der Waals surface area (Å²) in [5, 5.41) is 3.80. The third kappa shape index (κ3) is 1.05. The summed E-state index contributed by atoms with van der Waals surface area (Å²) in [4.78, 5) is 0. The van der Waals surface area contributed by atoms with Crippen molar-refractivity contribution in [2.45, 2.75) is 37.6 Å². The molecular formula is C15H19N. The average Bonchev–Trinajstić information content (AvgIpc) is 2.50. The first-order valence-electron chi connectivity index (χ1n) is 6.70. The summed E-state index contributed by atoms with van der Waals surface area (Å²) in [6.45, 7) is 1.25. The van der Waals surface area contributed by atoms with Gasteiger partial charge in [-0.05, 0) is 61.6 Å². The van der Waals surface area contributed by atoms with Gasteiger partial charge in [-0.2, -0.15) is 0 Å². The topological polar surface area (TPSA) is 12.0 Å². The van der Waals surface area contributed by atoms with Gasteiger partial charge < -0.3 is 5.32 Å². The van der Waals surface area contributed by atoms with Crippen LogP contribution in [-0.2, 0) is 12.8 Å². The van der Waals surface area contributed by atoms with Gasteiger partial charge in [0.05, 0.1) is 0 Å². The number of rotatable bonds is 0. The van der Waals surface area contributed by atoms with Crippen molar-refractivity contribution in [3.8, 4) is 0 Å². The van der Waals surface area contributed by atoms with Gasteiger partial charge in [0.15, 0.2) is 0 Å². The van der Waals surface area contributed by atoms with Crippen molar-refractivity contribution in [2.75, 3.05) is 6.54 Å². The Morgan fingerprint density at radius 3 is 2.00 bits per heavy atom. The first-order chi connectivity index (χ1) is 7.88. The van der Waals surface area contributed by atoms with E-state index in [9.17, 15) is 0 Å². The molecule has 0 aromatic heterocycles. The summed E-state index contributed by atoms with van der Waals surface area (Å²) in [6, 6.07) is 9.11. The summed E-state index contributed by atoms with van der Waals surface area (Å²) in [6.07, 6.45) is 6.97. The molecule has 0 radical (unpaired) electrons. The molecule has 1 heterocycles. The minimum absolute atomic E-state index is 0.541. The maximum atomic E-state index is 3.80. The van der Waals surface area contributed by atoms with Crippen molar-refractivity contribution in [1.82, 2.24) is 5.32 Å². The van der Waals surface area contributed by atoms with Gasteiger partial charge in [-0.15, -0.1) is 0 Å². The van der Waals surface area contributed by atoms with Gasteiger partial charge in [0.2, 0.25) is 0 Å². The van der Waals surface area contributed by atoms with Crippen molar-refractivity contribution >= 4 is 0 Å². The number of hydrogen-bond donors (Lipinski definition) is 1. The van der Waals surface area contributed by atoms with Gasteiger partial charge in [-0.3, -0.25) is 0 Å². The quantitative estimate of drug-likeness (QED) is 0.698. The number of nitrogens with one attached hydrogen (secondary N) is 1. The largest absolute Gasteiger partial charge is 0.311 e. The molecule has 1 aromatic rings. The van der Waals surface area contributed by atoms with Gasteiger partial charge in [0, 0.05) is 5.54 Å². The highest BCUT2D eigenvalue weighted by Gasteiger charge is 2.54. The first kappa shape index (κ1) is 9.23. The standard InChI is InChI=1S/C15H19N/c1-2-4-12-10-14-6-5-13(9-11(12)3-1)15(14)7-8-16-15/h1-4,13-14,16H,5-10H2. The molecule has 1 saturated heterocycles. The molecule has 4 rings (SSSR count). The Balaban J connectivity index is 1.78. The molecule has 2 atom stereocenters. The van der Waals surface area contributed by atoms with E-state index in [1.54, 1.807) is 11.1 Å². The molecule has 2 bridgehead atoms. The van der Waals surface area contributed by atoms with E-state index in [4.69, 9.17) is 0 Å². The molecule has 2 aliphatic carbocycles. The van der Waals surface area contributed by atoms with E-state index in [1.165, 1.54) is 38.6 Å². The van der Waals surface area contributed by atoms with E-state index in [0.717, 1.165) is 11.8 Å². The predicted molar refractivity (Wildman–Crippen MR) is 65.4 cm³/mol. The Morgan fingerprint density at radius 1 is 1.00 bits per heavy atom. The Hall–Kier alpha value is -0.820. The number of fused-ring (bicyclic) bond motifs is 1. The van der Waals surface area contributed by atoms with E-state index >= 15 is 0 Å². The van der Waals surface area contributed by atoms with Crippen LogP contribution >= 0.6 is 0 Å². The van der Waals surface area contributed by atoms with Gasteiger partial charge in [0.1, 0.15) is 0 Å². The fourth-order valence-corrected chi connectivity index (χ4v) is 4.42. The molecule has 1 N–H and O–H groups in total. The number of hydrogen-bond acceptors (Lipinski definition) is 1. The van der Waals surface area contributed by atoms with Crippen molar-refractivity contribution in [3.63, 3.8) is 0 Å². The third-order valence-electron chi connectivity index (χ3n) is 5.36. The minimum atomic E-state index is 0.541. The second-order valence-electron chi connectivity index (χ2n) is 5.87. The van der Waals surface area contributed by atoms with Crippen LogP contribution in [0.25, 0.3) is 0 Å². The Morgan fingerprint density at radius 2 is 1.56 bits per heavy atom. The third-order valence-corrected chi connectivity index (χ3v) is 5.36. The molecule has 1 nitrogen and oxygen atoms in total. The molecule has 16 heavy (non-hydrogen) atoms. The fraction of sp³-hybridized carbons (Fsp3) is 0.600. The Kier molecular flexibility index (Phi) is 1.79. The van der Waals surface area contributed by atoms with Crippen LogP contribution < -0.4 is 5.32 Å². The summed E-state index contributed by atoms with van der Waals surface area (Å²) in [5.41, 5.74) is 3.80.